The molecule has 1 amide bonds. The Balaban J connectivity index is 1.50. The van der Waals surface area contributed by atoms with Crippen molar-refractivity contribution in [2.45, 2.75) is 11.4 Å². The van der Waals surface area contributed by atoms with Gasteiger partial charge in [0.2, 0.25) is 5.91 Å². The molecule has 2 aromatic rings. The minimum atomic E-state index is -3.70. The number of aliphatic imine (C=N–C) groups is 1. The molecule has 2 N–H and O–H groups in total. The molecular formula is C22H23Cl2FN4O3S. The molecular weight excluding hydrogens is 490 g/mol. The van der Waals surface area contributed by atoms with E-state index in [1.807, 2.05) is 0 Å². The largest absolute Gasteiger partial charge is 0.368 e. The van der Waals surface area contributed by atoms with Crippen LogP contribution in [0.15, 0.2) is 58.4 Å². The molecule has 0 unspecified atom stereocenters. The molecule has 1 aliphatic heterocycles. The van der Waals surface area contributed by atoms with Crippen LogP contribution in [0.5, 0.6) is 0 Å². The number of nitrogens with zero attached hydrogens (tertiary/aromatic N) is 2. The van der Waals surface area contributed by atoms with E-state index in [1.54, 1.807) is 19.2 Å². The molecule has 33 heavy (non-hydrogen) atoms. The lowest BCUT2D eigenvalue weighted by Crippen LogP contribution is -2.26. The van der Waals surface area contributed by atoms with Crippen molar-refractivity contribution in [3.63, 3.8) is 0 Å². The summed E-state index contributed by atoms with van der Waals surface area (Å²) in [5.74, 6) is -0.471. The van der Waals surface area contributed by atoms with Crippen LogP contribution < -0.4 is 10.6 Å². The first kappa shape index (κ1) is 25.2. The van der Waals surface area contributed by atoms with Gasteiger partial charge in [0.25, 0.3) is 0 Å². The number of benzene rings is 2. The number of amides is 1. The molecule has 11 heteroatoms. The Morgan fingerprint density at radius 1 is 1.30 bits per heavy atom. The first-order chi connectivity index (χ1) is 15.7. The maximum atomic E-state index is 14.5. The summed E-state index contributed by atoms with van der Waals surface area (Å²) in [5.41, 5.74) is 1.05. The van der Waals surface area contributed by atoms with Gasteiger partial charge in [-0.3, -0.25) is 15.1 Å². The second-order valence-corrected chi connectivity index (χ2v) is 10.1. The van der Waals surface area contributed by atoms with E-state index < -0.39 is 15.7 Å². The van der Waals surface area contributed by atoms with Crippen molar-refractivity contribution in [2.75, 3.05) is 32.6 Å². The van der Waals surface area contributed by atoms with E-state index in [1.165, 1.54) is 41.3 Å². The van der Waals surface area contributed by atoms with Gasteiger partial charge in [-0.1, -0.05) is 47.5 Å². The molecule has 0 radical (unpaired) electrons. The minimum Gasteiger partial charge on any atom is -0.368 e. The molecule has 0 bridgehead atoms. The van der Waals surface area contributed by atoms with Crippen molar-refractivity contribution in [1.29, 1.82) is 0 Å². The third-order valence-corrected chi connectivity index (χ3v) is 7.38. The third-order valence-electron chi connectivity index (χ3n) is 4.85. The molecule has 0 saturated heterocycles. The fraction of sp³-hybridized carbons (Fsp3) is 0.273. The predicted molar refractivity (Wildman–Crippen MR) is 128 cm³/mol. The average Bonchev–Trinajstić information content (AvgIpc) is 3.31. The van der Waals surface area contributed by atoms with Gasteiger partial charge in [-0.05, 0) is 18.2 Å². The highest BCUT2D eigenvalue weighted by Crippen LogP contribution is 2.29. The van der Waals surface area contributed by atoms with Gasteiger partial charge in [0.1, 0.15) is 17.5 Å². The highest BCUT2D eigenvalue weighted by Gasteiger charge is 2.19. The van der Waals surface area contributed by atoms with Crippen LogP contribution in [0.3, 0.4) is 0 Å². The van der Waals surface area contributed by atoms with E-state index >= 15 is 0 Å². The molecule has 0 aromatic heterocycles. The van der Waals surface area contributed by atoms with Crippen LogP contribution in [-0.4, -0.2) is 57.6 Å². The Bertz CT molecular complexity index is 1200. The van der Waals surface area contributed by atoms with E-state index in [9.17, 15) is 17.6 Å². The maximum Gasteiger partial charge on any atom is 0.246 e. The zero-order chi connectivity index (χ0) is 24.0. The summed E-state index contributed by atoms with van der Waals surface area (Å²) in [7, 11) is -2.14. The first-order valence-corrected chi connectivity index (χ1v) is 12.5. The number of nitrogens with one attached hydrogen (secondary N) is 2. The van der Waals surface area contributed by atoms with Gasteiger partial charge in [0.05, 0.1) is 21.5 Å². The van der Waals surface area contributed by atoms with Gasteiger partial charge in [0, 0.05) is 43.9 Å². The lowest BCUT2D eigenvalue weighted by Gasteiger charge is -2.16. The summed E-state index contributed by atoms with van der Waals surface area (Å²) in [6, 6.07) is 9.18. The molecule has 1 aliphatic rings. The highest BCUT2D eigenvalue weighted by molar-refractivity contribution is 7.91. The van der Waals surface area contributed by atoms with Gasteiger partial charge < -0.3 is 10.2 Å². The number of rotatable bonds is 9. The van der Waals surface area contributed by atoms with E-state index in [2.05, 4.69) is 15.6 Å². The monoisotopic (exact) mass is 512 g/mol. The Morgan fingerprint density at radius 2 is 2.09 bits per heavy atom. The number of carbonyl (C=O) groups is 1. The molecule has 0 atom stereocenters. The summed E-state index contributed by atoms with van der Waals surface area (Å²) in [5, 5.41) is 5.95. The van der Waals surface area contributed by atoms with E-state index in [4.69, 9.17) is 23.2 Å². The van der Waals surface area contributed by atoms with Crippen LogP contribution in [0.4, 0.5) is 4.39 Å². The molecule has 0 spiro atoms. The van der Waals surface area contributed by atoms with E-state index in [0.717, 1.165) is 6.54 Å². The number of hydrogen-bond acceptors (Lipinski definition) is 6. The Hall–Kier alpha value is -2.46. The number of hydrogen-bond donors (Lipinski definition) is 2. The SMILES string of the molecule is CN(Cc1ccc(C2=NCCN2)cc1F)C(=O)C=CCNCS(=O)(=O)c1cccc(Cl)c1Cl. The van der Waals surface area contributed by atoms with Crippen LogP contribution in [0.1, 0.15) is 11.1 Å². The van der Waals surface area contributed by atoms with Crippen LogP contribution in [0.25, 0.3) is 0 Å². The number of amidine groups is 1. The smallest absolute Gasteiger partial charge is 0.246 e. The van der Waals surface area contributed by atoms with Gasteiger partial charge in [-0.2, -0.15) is 0 Å². The van der Waals surface area contributed by atoms with E-state index in [-0.39, 0.29) is 39.8 Å². The van der Waals surface area contributed by atoms with Crippen molar-refractivity contribution in [3.05, 3.63) is 75.5 Å². The van der Waals surface area contributed by atoms with Gasteiger partial charge in [0.15, 0.2) is 9.84 Å². The topological polar surface area (TPSA) is 90.9 Å². The zero-order valence-electron chi connectivity index (χ0n) is 17.8. The molecule has 0 fully saturated rings. The van der Waals surface area contributed by atoms with Crippen LogP contribution in [0.2, 0.25) is 10.0 Å². The molecule has 0 aliphatic carbocycles. The van der Waals surface area contributed by atoms with Crippen molar-refractivity contribution >= 4 is 44.8 Å². The molecule has 1 heterocycles. The number of halogens is 3. The Morgan fingerprint density at radius 3 is 2.79 bits per heavy atom. The van der Waals surface area contributed by atoms with Crippen molar-refractivity contribution in [1.82, 2.24) is 15.5 Å². The number of likely N-dealkylation sites (N-methyl/N-ethyl adjacent to an activating group) is 1. The summed E-state index contributed by atoms with van der Waals surface area (Å²) in [6.45, 7) is 1.62. The summed E-state index contributed by atoms with van der Waals surface area (Å²) < 4.78 is 39.3. The van der Waals surface area contributed by atoms with Gasteiger partial charge >= 0.3 is 0 Å². The summed E-state index contributed by atoms with van der Waals surface area (Å²) in [6.07, 6.45) is 2.80. The summed E-state index contributed by atoms with van der Waals surface area (Å²) in [4.78, 5) is 17.9. The third kappa shape index (κ3) is 6.54. The van der Waals surface area contributed by atoms with Crippen molar-refractivity contribution in [2.24, 2.45) is 4.99 Å². The Labute approximate surface area is 202 Å². The van der Waals surface area contributed by atoms with Crippen LogP contribution in [-0.2, 0) is 21.2 Å². The Kier molecular flexibility index (Phi) is 8.47. The lowest BCUT2D eigenvalue weighted by molar-refractivity contribution is -0.125. The standard InChI is InChI=1S/C22H23Cl2FN4O3S/c1-29(13-16-8-7-15(12-18(16)25)22-27-10-11-28-22)20(30)6-3-9-26-14-33(31,32)19-5-2-4-17(23)21(19)24/h2-8,12,26H,9-11,13-14H2,1H3,(H,27,28). The average molecular weight is 513 g/mol. The molecule has 7 nitrogen and oxygen atoms in total. The van der Waals surface area contributed by atoms with Crippen LogP contribution >= 0.6 is 23.2 Å². The summed E-state index contributed by atoms with van der Waals surface area (Å²) >= 11 is 11.8. The van der Waals surface area contributed by atoms with Gasteiger partial charge in [-0.25, -0.2) is 12.8 Å². The predicted octanol–water partition coefficient (Wildman–Crippen LogP) is 3.02. The normalized spacial score (nSPS) is 13.8. The van der Waals surface area contributed by atoms with Crippen LogP contribution in [0, 0.1) is 5.82 Å². The second-order valence-electron chi connectivity index (χ2n) is 7.33. The fourth-order valence-corrected chi connectivity index (χ4v) is 5.03. The molecule has 0 saturated carbocycles. The van der Waals surface area contributed by atoms with E-state index in [0.29, 0.717) is 23.5 Å². The van der Waals surface area contributed by atoms with Gasteiger partial charge in [-0.15, -0.1) is 0 Å². The first-order valence-electron chi connectivity index (χ1n) is 10.1. The maximum absolute atomic E-state index is 14.5. The number of sulfone groups is 1. The highest BCUT2D eigenvalue weighted by atomic mass is 35.5. The van der Waals surface area contributed by atoms with Crippen molar-refractivity contribution < 1.29 is 17.6 Å². The second kappa shape index (κ2) is 11.1. The molecule has 176 valence electrons. The fourth-order valence-electron chi connectivity index (χ4n) is 3.11. The minimum absolute atomic E-state index is 0.0268. The zero-order valence-corrected chi connectivity index (χ0v) is 20.1. The molecule has 2 aromatic carbocycles. The van der Waals surface area contributed by atoms with Crippen molar-refractivity contribution in [3.8, 4) is 0 Å². The number of carbonyl (C=O) groups excluding carboxylic acids is 1. The molecule has 3 rings (SSSR count). The quantitative estimate of drug-likeness (QED) is 0.398. The lowest BCUT2D eigenvalue weighted by atomic mass is 10.1.